The third-order valence-corrected chi connectivity index (χ3v) is 13.5. The van der Waals surface area contributed by atoms with Crippen LogP contribution in [0.5, 0.6) is 23.0 Å². The molecule has 2 aliphatic heterocycles. The van der Waals surface area contributed by atoms with Crippen molar-refractivity contribution >= 4 is 35.0 Å². The molecule has 16 heteroatoms. The summed E-state index contributed by atoms with van der Waals surface area (Å²) < 4.78 is 13.2. The van der Waals surface area contributed by atoms with Crippen LogP contribution in [0, 0.1) is 20.2 Å². The number of non-ortho nitro benzene ring substituents is 2. The third kappa shape index (κ3) is 9.11. The minimum absolute atomic E-state index is 0.122. The van der Waals surface area contributed by atoms with E-state index in [0.717, 1.165) is 20.9 Å². The highest BCUT2D eigenvalue weighted by atomic mass is 16.6. The van der Waals surface area contributed by atoms with Crippen LogP contribution in [0.2, 0.25) is 0 Å². The molecule has 0 saturated heterocycles. The van der Waals surface area contributed by atoms with Gasteiger partial charge in [-0.25, -0.2) is 0 Å². The number of carbonyl (C=O) groups is 4. The lowest BCUT2D eigenvalue weighted by Gasteiger charge is -2.26. The average molecular weight is 973 g/mol. The van der Waals surface area contributed by atoms with E-state index in [1.165, 1.54) is 24.3 Å². The number of nitro benzene ring substituents is 2. The molecule has 72 heavy (non-hydrogen) atoms. The van der Waals surface area contributed by atoms with E-state index in [0.29, 0.717) is 22.3 Å². The molecule has 2 N–H and O–H groups in total. The Labute approximate surface area is 414 Å². The molecule has 0 fully saturated rings. The summed E-state index contributed by atoms with van der Waals surface area (Å²) in [5.41, 5.74) is 3.56. The molecule has 3 aliphatic rings. The lowest BCUT2D eigenvalue weighted by Crippen LogP contribution is -2.33. The Hall–Kier alpha value is -8.40. The molecule has 2 heterocycles. The van der Waals surface area contributed by atoms with Crippen LogP contribution in [-0.4, -0.2) is 79.8 Å². The van der Waals surface area contributed by atoms with Crippen LogP contribution < -0.4 is 9.47 Å². The molecule has 0 saturated carbocycles. The molecule has 0 spiro atoms. The van der Waals surface area contributed by atoms with Crippen LogP contribution in [0.4, 0.5) is 11.4 Å². The van der Waals surface area contributed by atoms with Crippen molar-refractivity contribution in [3.05, 3.63) is 195 Å². The van der Waals surface area contributed by atoms with Crippen molar-refractivity contribution in [2.45, 2.75) is 78.1 Å². The van der Waals surface area contributed by atoms with E-state index in [1.807, 2.05) is 65.8 Å². The van der Waals surface area contributed by atoms with E-state index in [1.54, 1.807) is 48.5 Å². The molecule has 4 amide bonds. The van der Waals surface area contributed by atoms with Crippen LogP contribution in [-0.2, 0) is 36.5 Å². The molecule has 0 aromatic heterocycles. The van der Waals surface area contributed by atoms with Crippen LogP contribution in [0.15, 0.2) is 97.1 Å². The highest BCUT2D eigenvalue weighted by Gasteiger charge is 2.37. The van der Waals surface area contributed by atoms with Crippen molar-refractivity contribution in [1.82, 2.24) is 9.80 Å². The number of hydrogen-bond donors (Lipinski definition) is 2. The molecule has 6 aromatic carbocycles. The van der Waals surface area contributed by atoms with Crippen LogP contribution in [0.1, 0.15) is 139 Å². The van der Waals surface area contributed by atoms with E-state index in [-0.39, 0.29) is 131 Å². The summed E-state index contributed by atoms with van der Waals surface area (Å²) >= 11 is 0. The molecule has 16 nitrogen and oxygen atoms in total. The van der Waals surface area contributed by atoms with Crippen LogP contribution >= 0.6 is 0 Å². The van der Waals surface area contributed by atoms with Crippen molar-refractivity contribution < 1.29 is 48.7 Å². The summed E-state index contributed by atoms with van der Waals surface area (Å²) in [4.78, 5) is 80.2. The lowest BCUT2D eigenvalue weighted by molar-refractivity contribution is -0.385. The molecule has 1 aliphatic carbocycles. The Morgan fingerprint density at radius 2 is 0.736 bits per heavy atom. The van der Waals surface area contributed by atoms with Gasteiger partial charge >= 0.3 is 0 Å². The Bertz CT molecular complexity index is 2920. The molecule has 8 bridgehead atoms. The Morgan fingerprint density at radius 3 is 0.972 bits per heavy atom. The maximum absolute atomic E-state index is 13.4. The van der Waals surface area contributed by atoms with Crippen molar-refractivity contribution in [3.63, 3.8) is 0 Å². The second kappa shape index (κ2) is 18.4. The number of fused-ring (bicyclic) bond motifs is 10. The average Bonchev–Trinajstić information content (AvgIpc) is 3.71. The van der Waals surface area contributed by atoms with Gasteiger partial charge < -0.3 is 19.7 Å². The van der Waals surface area contributed by atoms with Crippen LogP contribution in [0.3, 0.4) is 0 Å². The zero-order valence-electron chi connectivity index (χ0n) is 40.7. The fourth-order valence-electron chi connectivity index (χ4n) is 9.69. The smallest absolute Gasteiger partial charge is 0.270 e. The van der Waals surface area contributed by atoms with Gasteiger partial charge in [0.05, 0.1) is 45.2 Å². The maximum atomic E-state index is 13.4. The summed E-state index contributed by atoms with van der Waals surface area (Å²) in [6.07, 6.45) is -0.489. The molecule has 6 aromatic rings. The van der Waals surface area contributed by atoms with E-state index in [4.69, 9.17) is 9.47 Å². The number of nitrogens with zero attached hydrogens (tertiary/aromatic N) is 4. The Balaban J connectivity index is 1.21. The van der Waals surface area contributed by atoms with E-state index in [9.17, 15) is 49.6 Å². The van der Waals surface area contributed by atoms with Gasteiger partial charge in [0.25, 0.3) is 35.0 Å². The number of phenols is 2. The van der Waals surface area contributed by atoms with E-state index < -0.39 is 44.3 Å². The number of phenolic OH excluding ortho intramolecular Hbond substituents is 2. The fraction of sp³-hybridized carbons (Fsp3) is 0.286. The molecule has 0 atom stereocenters. The highest BCUT2D eigenvalue weighted by Crippen LogP contribution is 2.43. The Morgan fingerprint density at radius 1 is 0.472 bits per heavy atom. The predicted octanol–water partition coefficient (Wildman–Crippen LogP) is 9.54. The second-order valence-corrected chi connectivity index (χ2v) is 20.5. The third-order valence-electron chi connectivity index (χ3n) is 13.5. The first-order valence-corrected chi connectivity index (χ1v) is 23.6. The summed E-state index contributed by atoms with van der Waals surface area (Å²) in [5.74, 6) is -1.92. The van der Waals surface area contributed by atoms with Gasteiger partial charge in [-0.05, 0) is 68.5 Å². The molecular weight excluding hydrogens is 921 g/mol. The second-order valence-electron chi connectivity index (χ2n) is 20.5. The molecule has 9 rings (SSSR count). The first-order chi connectivity index (χ1) is 34.1. The van der Waals surface area contributed by atoms with Gasteiger partial charge in [0.1, 0.15) is 36.2 Å². The van der Waals surface area contributed by atoms with Gasteiger partial charge in [0.15, 0.2) is 0 Å². The minimum atomic E-state index is -0.542. The number of aromatic hydroxyl groups is 2. The first kappa shape index (κ1) is 48.6. The number of amides is 4. The number of benzene rings is 6. The summed E-state index contributed by atoms with van der Waals surface area (Å²) in [5, 5.41) is 50.2. The molecule has 0 radical (unpaired) electrons. The fourth-order valence-corrected chi connectivity index (χ4v) is 9.69. The largest absolute Gasteiger partial charge is 0.507 e. The maximum Gasteiger partial charge on any atom is 0.270 e. The molecular formula is C56H52N4O12. The number of hydrogen-bond acceptors (Lipinski definition) is 12. The minimum Gasteiger partial charge on any atom is -0.507 e. The lowest BCUT2D eigenvalue weighted by atomic mass is 9.81. The number of carbonyl (C=O) groups excluding carboxylic acids is 4. The monoisotopic (exact) mass is 972 g/mol. The van der Waals surface area contributed by atoms with Gasteiger partial charge in [-0.1, -0.05) is 90.1 Å². The number of nitro groups is 2. The zero-order chi connectivity index (χ0) is 51.6. The highest BCUT2D eigenvalue weighted by molar-refractivity contribution is 6.22. The van der Waals surface area contributed by atoms with Crippen molar-refractivity contribution in [2.24, 2.45) is 0 Å². The molecule has 368 valence electrons. The van der Waals surface area contributed by atoms with Crippen LogP contribution in [0.25, 0.3) is 0 Å². The van der Waals surface area contributed by atoms with Gasteiger partial charge in [0, 0.05) is 72.2 Å². The van der Waals surface area contributed by atoms with Gasteiger partial charge in [-0.3, -0.25) is 49.2 Å². The zero-order valence-corrected chi connectivity index (χ0v) is 40.7. The van der Waals surface area contributed by atoms with Crippen molar-refractivity contribution in [1.29, 1.82) is 0 Å². The van der Waals surface area contributed by atoms with Gasteiger partial charge in [-0.15, -0.1) is 0 Å². The first-order valence-electron chi connectivity index (χ1n) is 23.6. The quantitative estimate of drug-likeness (QED) is 0.0744. The number of rotatable bonds is 10. The predicted molar refractivity (Wildman–Crippen MR) is 266 cm³/mol. The SMILES string of the molecule is CC(C)(C)c1cc2c(OCCN3C(=O)c4ccccc4C3=O)c(c1)Cc1cc([N+](=O)[O-])cc(c1O)Cc1cc(C(C)(C)C)cc(c1OCCN1C(=O)c3ccccc3C1=O)Cc1cc([N+](=O)[O-])cc(c1O)C2. The van der Waals surface area contributed by atoms with Crippen molar-refractivity contribution in [3.8, 4) is 23.0 Å². The van der Waals surface area contributed by atoms with Gasteiger partial charge in [0.2, 0.25) is 0 Å². The topological polar surface area (TPSA) is 220 Å². The number of ether oxygens (including phenoxy) is 2. The Kier molecular flexibility index (Phi) is 12.4. The summed E-state index contributed by atoms with van der Waals surface area (Å²) in [7, 11) is 0. The standard InChI is InChI=1S/C56H52N4O12/c1-55(2,3)39-23-35-19-31-27-41(59(67)68)29-33(47(31)61)21-37-25-40(56(4,5)6)26-38(50(37)72-18-16-58-53(65)45-13-9-10-14-46(45)54(58)66)22-34-30-42(60(69)70)28-32(48(34)62)20-36(24-39)49(35)71-17-15-57-51(63)43-11-7-8-12-44(43)52(57)64/h7-14,23-30,61-62H,15-22H2,1-6H3. The van der Waals surface area contributed by atoms with E-state index in [2.05, 4.69) is 0 Å². The van der Waals surface area contributed by atoms with E-state index >= 15 is 0 Å². The molecule has 0 unspecified atom stereocenters. The number of imide groups is 2. The van der Waals surface area contributed by atoms with Gasteiger partial charge in [-0.2, -0.15) is 0 Å². The van der Waals surface area contributed by atoms with Crippen molar-refractivity contribution in [2.75, 3.05) is 26.3 Å². The normalized spacial score (nSPS) is 14.4. The summed E-state index contributed by atoms with van der Waals surface area (Å²) in [6, 6.07) is 25.6. The summed E-state index contributed by atoms with van der Waals surface area (Å²) in [6.45, 7) is 11.2.